The second kappa shape index (κ2) is 10.1. The summed E-state index contributed by atoms with van der Waals surface area (Å²) in [7, 11) is 0. The number of carbonyl (C=O) groups excluding carboxylic acids is 2. The molecule has 2 amide bonds. The highest BCUT2D eigenvalue weighted by Crippen LogP contribution is 2.23. The topological polar surface area (TPSA) is 58.2 Å². The molecule has 156 valence electrons. The van der Waals surface area contributed by atoms with E-state index in [1.165, 1.54) is 36.4 Å². The molecule has 3 rings (SSSR count). The van der Waals surface area contributed by atoms with Crippen LogP contribution in [-0.2, 0) is 9.59 Å². The SMILES string of the molecule is Cc1ccc(NC(=O)/C=C/c2ccc(F)cc2)c(NC(=O)/C=C/c2ccc(F)cc2)c1. The number of rotatable bonds is 6. The van der Waals surface area contributed by atoms with E-state index in [0.29, 0.717) is 22.5 Å². The third kappa shape index (κ3) is 6.75. The summed E-state index contributed by atoms with van der Waals surface area (Å²) >= 11 is 0. The van der Waals surface area contributed by atoms with Crippen molar-refractivity contribution in [3.8, 4) is 0 Å². The van der Waals surface area contributed by atoms with Crippen molar-refractivity contribution in [3.63, 3.8) is 0 Å². The van der Waals surface area contributed by atoms with Gasteiger partial charge in [0.1, 0.15) is 11.6 Å². The minimum atomic E-state index is -0.398. The first kappa shape index (κ1) is 21.6. The predicted molar refractivity (Wildman–Crippen MR) is 119 cm³/mol. The Balaban J connectivity index is 1.68. The Hall–Kier alpha value is -4.06. The van der Waals surface area contributed by atoms with Crippen molar-refractivity contribution in [1.82, 2.24) is 0 Å². The Labute approximate surface area is 178 Å². The zero-order valence-electron chi connectivity index (χ0n) is 16.7. The van der Waals surface area contributed by atoms with Gasteiger partial charge in [-0.05, 0) is 72.2 Å². The number of hydrogen-bond donors (Lipinski definition) is 2. The van der Waals surface area contributed by atoms with Crippen LogP contribution in [0.25, 0.3) is 12.2 Å². The fourth-order valence-corrected chi connectivity index (χ4v) is 2.71. The van der Waals surface area contributed by atoms with Gasteiger partial charge in [0.25, 0.3) is 0 Å². The maximum Gasteiger partial charge on any atom is 0.248 e. The Morgan fingerprint density at radius 2 is 1.13 bits per heavy atom. The molecule has 0 spiro atoms. The number of carbonyl (C=O) groups is 2. The van der Waals surface area contributed by atoms with Crippen LogP contribution in [0.1, 0.15) is 16.7 Å². The van der Waals surface area contributed by atoms with Gasteiger partial charge in [-0.3, -0.25) is 9.59 Å². The van der Waals surface area contributed by atoms with Crippen molar-refractivity contribution < 1.29 is 18.4 Å². The molecule has 0 radical (unpaired) electrons. The van der Waals surface area contributed by atoms with E-state index in [0.717, 1.165) is 5.56 Å². The standard InChI is InChI=1S/C25H20F2N2O2/c1-17-2-13-22(28-24(30)14-7-18-3-9-20(26)10-4-18)23(16-17)29-25(31)15-8-19-5-11-21(27)12-6-19/h2-16H,1H3,(H,28,30)(H,29,31)/b14-7+,15-8+. The highest BCUT2D eigenvalue weighted by Gasteiger charge is 2.08. The van der Waals surface area contributed by atoms with Crippen LogP contribution in [0.2, 0.25) is 0 Å². The molecule has 31 heavy (non-hydrogen) atoms. The van der Waals surface area contributed by atoms with Gasteiger partial charge in [0.15, 0.2) is 0 Å². The molecule has 0 aromatic heterocycles. The van der Waals surface area contributed by atoms with Crippen LogP contribution >= 0.6 is 0 Å². The van der Waals surface area contributed by atoms with Crippen LogP contribution in [0.3, 0.4) is 0 Å². The Bertz CT molecular complexity index is 1140. The Kier molecular flexibility index (Phi) is 7.06. The van der Waals surface area contributed by atoms with Crippen LogP contribution in [0.5, 0.6) is 0 Å². The Morgan fingerprint density at radius 3 is 1.61 bits per heavy atom. The lowest BCUT2D eigenvalue weighted by molar-refractivity contribution is -0.112. The molecule has 4 nitrogen and oxygen atoms in total. The lowest BCUT2D eigenvalue weighted by atomic mass is 10.1. The van der Waals surface area contributed by atoms with E-state index in [-0.39, 0.29) is 11.6 Å². The number of anilines is 2. The van der Waals surface area contributed by atoms with Crippen molar-refractivity contribution in [1.29, 1.82) is 0 Å². The van der Waals surface area contributed by atoms with Gasteiger partial charge in [-0.1, -0.05) is 30.3 Å². The molecular formula is C25H20F2N2O2. The summed E-state index contributed by atoms with van der Waals surface area (Å²) in [6, 6.07) is 16.7. The third-order valence-electron chi connectivity index (χ3n) is 4.29. The monoisotopic (exact) mass is 418 g/mol. The quantitative estimate of drug-likeness (QED) is 0.514. The summed E-state index contributed by atoms with van der Waals surface area (Å²) in [6.45, 7) is 1.87. The first-order valence-electron chi connectivity index (χ1n) is 9.49. The van der Waals surface area contributed by atoms with E-state index in [4.69, 9.17) is 0 Å². The molecule has 0 aliphatic rings. The minimum absolute atomic E-state index is 0.352. The zero-order valence-corrected chi connectivity index (χ0v) is 16.7. The summed E-state index contributed by atoms with van der Waals surface area (Å²) in [6.07, 6.45) is 5.78. The number of benzene rings is 3. The van der Waals surface area contributed by atoms with Crippen molar-refractivity contribution >= 4 is 35.3 Å². The molecule has 0 aliphatic heterocycles. The molecule has 0 aliphatic carbocycles. The van der Waals surface area contributed by atoms with Gasteiger partial charge in [-0.2, -0.15) is 0 Å². The summed E-state index contributed by atoms with van der Waals surface area (Å²) in [5.74, 6) is -1.50. The van der Waals surface area contributed by atoms with Crippen molar-refractivity contribution in [2.24, 2.45) is 0 Å². The molecule has 0 fully saturated rings. The maximum absolute atomic E-state index is 13.0. The fraction of sp³-hybridized carbons (Fsp3) is 0.0400. The van der Waals surface area contributed by atoms with Gasteiger partial charge >= 0.3 is 0 Å². The third-order valence-corrected chi connectivity index (χ3v) is 4.29. The lowest BCUT2D eigenvalue weighted by Crippen LogP contribution is -2.13. The van der Waals surface area contributed by atoms with Crippen molar-refractivity contribution in [2.75, 3.05) is 10.6 Å². The largest absolute Gasteiger partial charge is 0.321 e. The minimum Gasteiger partial charge on any atom is -0.321 e. The van der Waals surface area contributed by atoms with E-state index < -0.39 is 11.8 Å². The molecular weight excluding hydrogens is 398 g/mol. The average Bonchev–Trinajstić information content (AvgIpc) is 2.75. The molecule has 3 aromatic rings. The summed E-state index contributed by atoms with van der Waals surface area (Å²) in [5, 5.41) is 5.46. The van der Waals surface area contributed by atoms with Crippen molar-refractivity contribution in [3.05, 3.63) is 107 Å². The van der Waals surface area contributed by atoms with E-state index in [9.17, 15) is 18.4 Å². The molecule has 0 saturated heterocycles. The van der Waals surface area contributed by atoms with E-state index in [1.807, 2.05) is 13.0 Å². The van der Waals surface area contributed by atoms with Gasteiger partial charge in [0.2, 0.25) is 11.8 Å². The molecule has 2 N–H and O–H groups in total. The highest BCUT2D eigenvalue weighted by molar-refractivity contribution is 6.08. The molecule has 0 atom stereocenters. The van der Waals surface area contributed by atoms with Gasteiger partial charge in [0.05, 0.1) is 11.4 Å². The molecule has 0 heterocycles. The van der Waals surface area contributed by atoms with Gasteiger partial charge in [-0.25, -0.2) is 8.78 Å². The van der Waals surface area contributed by atoms with Gasteiger partial charge in [-0.15, -0.1) is 0 Å². The van der Waals surface area contributed by atoms with Crippen LogP contribution in [-0.4, -0.2) is 11.8 Å². The second-order valence-corrected chi connectivity index (χ2v) is 6.80. The molecule has 3 aromatic carbocycles. The normalized spacial score (nSPS) is 11.1. The van der Waals surface area contributed by atoms with Gasteiger partial charge in [0, 0.05) is 12.2 Å². The van der Waals surface area contributed by atoms with Gasteiger partial charge < -0.3 is 10.6 Å². The van der Waals surface area contributed by atoms with Crippen LogP contribution < -0.4 is 10.6 Å². The van der Waals surface area contributed by atoms with Crippen molar-refractivity contribution in [2.45, 2.75) is 6.92 Å². The van der Waals surface area contributed by atoms with E-state index in [1.54, 1.807) is 48.6 Å². The summed E-state index contributed by atoms with van der Waals surface area (Å²) < 4.78 is 25.9. The molecule has 0 unspecified atom stereocenters. The van der Waals surface area contributed by atoms with Crippen LogP contribution in [0, 0.1) is 18.6 Å². The van der Waals surface area contributed by atoms with E-state index >= 15 is 0 Å². The van der Waals surface area contributed by atoms with E-state index in [2.05, 4.69) is 10.6 Å². The zero-order chi connectivity index (χ0) is 22.2. The molecule has 0 bridgehead atoms. The number of aryl methyl sites for hydroxylation is 1. The first-order chi connectivity index (χ1) is 14.9. The second-order valence-electron chi connectivity index (χ2n) is 6.80. The summed E-state index contributed by atoms with van der Waals surface area (Å²) in [5.41, 5.74) is 3.14. The number of hydrogen-bond acceptors (Lipinski definition) is 2. The molecule has 0 saturated carbocycles. The summed E-state index contributed by atoms with van der Waals surface area (Å²) in [4.78, 5) is 24.6. The predicted octanol–water partition coefficient (Wildman–Crippen LogP) is 5.58. The Morgan fingerprint density at radius 1 is 0.677 bits per heavy atom. The molecule has 6 heteroatoms. The van der Waals surface area contributed by atoms with Crippen LogP contribution in [0.15, 0.2) is 78.9 Å². The number of nitrogens with one attached hydrogen (secondary N) is 2. The maximum atomic E-state index is 13.0. The smallest absolute Gasteiger partial charge is 0.248 e. The average molecular weight is 418 g/mol. The highest BCUT2D eigenvalue weighted by atomic mass is 19.1. The lowest BCUT2D eigenvalue weighted by Gasteiger charge is -2.11. The van der Waals surface area contributed by atoms with Crippen LogP contribution in [0.4, 0.5) is 20.2 Å². The first-order valence-corrected chi connectivity index (χ1v) is 9.49. The number of amides is 2. The fourth-order valence-electron chi connectivity index (χ4n) is 2.71. The number of halogens is 2.